The van der Waals surface area contributed by atoms with E-state index in [1.54, 1.807) is 0 Å². The van der Waals surface area contributed by atoms with Crippen molar-refractivity contribution < 1.29 is 14.4 Å². The van der Waals surface area contributed by atoms with Gasteiger partial charge in [-0.05, 0) is 68.6 Å². The van der Waals surface area contributed by atoms with Gasteiger partial charge in [-0.3, -0.25) is 19.3 Å². The molecular formula is C29H44N4O3. The molecule has 1 spiro atoms. The maximum Gasteiger partial charge on any atom is 0.253 e. The second-order valence-corrected chi connectivity index (χ2v) is 11.4. The van der Waals surface area contributed by atoms with Gasteiger partial charge in [-0.25, -0.2) is 0 Å². The zero-order valence-corrected chi connectivity index (χ0v) is 22.4. The van der Waals surface area contributed by atoms with E-state index < -0.39 is 11.6 Å². The fraction of sp³-hybridized carbons (Fsp3) is 0.690. The van der Waals surface area contributed by atoms with Crippen molar-refractivity contribution in [2.24, 2.45) is 5.92 Å². The summed E-state index contributed by atoms with van der Waals surface area (Å²) in [6, 6.07) is 7.62. The first-order valence-electron chi connectivity index (χ1n) is 14.1. The molecule has 3 saturated heterocycles. The van der Waals surface area contributed by atoms with Crippen LogP contribution in [0.3, 0.4) is 0 Å². The molecule has 1 aromatic rings. The topological polar surface area (TPSA) is 73.0 Å². The van der Waals surface area contributed by atoms with Crippen LogP contribution in [0.1, 0.15) is 88.1 Å². The van der Waals surface area contributed by atoms with Crippen molar-refractivity contribution in [3.05, 3.63) is 35.4 Å². The summed E-state index contributed by atoms with van der Waals surface area (Å²) >= 11 is 0. The van der Waals surface area contributed by atoms with Gasteiger partial charge in [-0.15, -0.1) is 0 Å². The number of piperidine rings is 2. The summed E-state index contributed by atoms with van der Waals surface area (Å²) in [5, 5.41) is 3.09. The molecule has 1 N–H and O–H groups in total. The molecule has 1 atom stereocenters. The predicted molar refractivity (Wildman–Crippen MR) is 141 cm³/mol. The van der Waals surface area contributed by atoms with Crippen LogP contribution in [0.5, 0.6) is 0 Å². The van der Waals surface area contributed by atoms with Gasteiger partial charge in [0.1, 0.15) is 11.6 Å². The first-order chi connectivity index (χ1) is 17.3. The number of carbonyl (C=O) groups excluding carboxylic acids is 3. The maximum absolute atomic E-state index is 13.4. The number of nitrogens with one attached hydrogen (secondary N) is 1. The fourth-order valence-electron chi connectivity index (χ4n) is 6.02. The number of rotatable bonds is 8. The van der Waals surface area contributed by atoms with Crippen LogP contribution in [-0.2, 0) is 16.1 Å². The van der Waals surface area contributed by atoms with Crippen LogP contribution < -0.4 is 5.32 Å². The van der Waals surface area contributed by atoms with Crippen LogP contribution in [-0.4, -0.2) is 76.7 Å². The molecule has 0 radical (unpaired) electrons. The first-order valence-corrected chi connectivity index (χ1v) is 14.1. The van der Waals surface area contributed by atoms with Crippen LogP contribution in [0, 0.1) is 5.92 Å². The van der Waals surface area contributed by atoms with Gasteiger partial charge in [0.2, 0.25) is 11.8 Å². The second kappa shape index (κ2) is 11.8. The lowest BCUT2D eigenvalue weighted by molar-refractivity contribution is -0.161. The summed E-state index contributed by atoms with van der Waals surface area (Å²) < 4.78 is 0. The van der Waals surface area contributed by atoms with Crippen molar-refractivity contribution in [1.82, 2.24) is 20.0 Å². The van der Waals surface area contributed by atoms with Crippen LogP contribution >= 0.6 is 0 Å². The van der Waals surface area contributed by atoms with Gasteiger partial charge in [0.25, 0.3) is 5.91 Å². The summed E-state index contributed by atoms with van der Waals surface area (Å²) in [5.41, 5.74) is 1.21. The highest BCUT2D eigenvalue weighted by atomic mass is 16.2. The maximum atomic E-state index is 13.4. The van der Waals surface area contributed by atoms with Gasteiger partial charge >= 0.3 is 0 Å². The van der Waals surface area contributed by atoms with Crippen LogP contribution in [0.4, 0.5) is 0 Å². The number of unbranched alkanes of at least 4 members (excludes halogenated alkanes) is 1. The fourth-order valence-corrected chi connectivity index (χ4v) is 6.02. The minimum Gasteiger partial charge on any atom is -0.342 e. The smallest absolute Gasteiger partial charge is 0.253 e. The molecule has 7 heteroatoms. The van der Waals surface area contributed by atoms with Crippen molar-refractivity contribution >= 4 is 17.7 Å². The largest absolute Gasteiger partial charge is 0.342 e. The molecule has 4 rings (SSSR count). The van der Waals surface area contributed by atoms with Gasteiger partial charge in [0.05, 0.1) is 0 Å². The SMILES string of the molecule is CCCCN1C(=O)C(CC(C)C)NC(=O)C12CCN(Cc1ccc(C(=O)N3CCCCC3)cc1)CC2. The van der Waals surface area contributed by atoms with Gasteiger partial charge in [-0.2, -0.15) is 0 Å². The van der Waals surface area contributed by atoms with E-state index in [0.29, 0.717) is 31.7 Å². The summed E-state index contributed by atoms with van der Waals surface area (Å²) in [6.45, 7) is 11.0. The summed E-state index contributed by atoms with van der Waals surface area (Å²) in [4.78, 5) is 45.9. The first kappa shape index (κ1) is 26.6. The molecule has 0 bridgehead atoms. The highest BCUT2D eigenvalue weighted by Gasteiger charge is 2.53. The predicted octanol–water partition coefficient (Wildman–Crippen LogP) is 3.82. The van der Waals surface area contributed by atoms with Crippen molar-refractivity contribution in [3.63, 3.8) is 0 Å². The molecule has 0 aliphatic carbocycles. The third-order valence-electron chi connectivity index (χ3n) is 8.18. The zero-order chi connectivity index (χ0) is 25.7. The monoisotopic (exact) mass is 496 g/mol. The van der Waals surface area contributed by atoms with E-state index >= 15 is 0 Å². The van der Waals surface area contributed by atoms with E-state index in [4.69, 9.17) is 0 Å². The Balaban J connectivity index is 1.38. The Labute approximate surface area is 216 Å². The number of nitrogens with zero attached hydrogens (tertiary/aromatic N) is 3. The molecule has 3 amide bonds. The minimum absolute atomic E-state index is 0.0316. The third kappa shape index (κ3) is 5.77. The molecule has 3 heterocycles. The van der Waals surface area contributed by atoms with E-state index in [1.807, 2.05) is 21.9 Å². The van der Waals surface area contributed by atoms with Gasteiger partial charge in [-0.1, -0.05) is 39.3 Å². The molecule has 36 heavy (non-hydrogen) atoms. The Morgan fingerprint density at radius 2 is 1.69 bits per heavy atom. The average Bonchev–Trinajstić information content (AvgIpc) is 2.89. The lowest BCUT2D eigenvalue weighted by atomic mass is 9.80. The van der Waals surface area contributed by atoms with E-state index in [9.17, 15) is 14.4 Å². The van der Waals surface area contributed by atoms with E-state index in [-0.39, 0.29) is 17.7 Å². The van der Waals surface area contributed by atoms with Crippen molar-refractivity contribution in [1.29, 1.82) is 0 Å². The lowest BCUT2D eigenvalue weighted by Crippen LogP contribution is -2.73. The van der Waals surface area contributed by atoms with E-state index in [1.165, 1.54) is 12.0 Å². The Kier molecular flexibility index (Phi) is 8.70. The third-order valence-corrected chi connectivity index (χ3v) is 8.18. The summed E-state index contributed by atoms with van der Waals surface area (Å²) in [7, 11) is 0. The second-order valence-electron chi connectivity index (χ2n) is 11.4. The molecule has 7 nitrogen and oxygen atoms in total. The van der Waals surface area contributed by atoms with Crippen LogP contribution in [0.25, 0.3) is 0 Å². The molecule has 1 unspecified atom stereocenters. The summed E-state index contributed by atoms with van der Waals surface area (Å²) in [6.07, 6.45) is 7.33. The number of hydrogen-bond acceptors (Lipinski definition) is 4. The number of piperazine rings is 1. The standard InChI is InChI=1S/C29H44N4O3/c1-4-5-17-33-27(35)25(20-22(2)3)30-28(36)29(33)13-18-31(19-14-29)21-23-9-11-24(12-10-23)26(34)32-15-7-6-8-16-32/h9-12,22,25H,4-8,13-21H2,1-3H3,(H,30,36). The normalized spacial score (nSPS) is 22.8. The van der Waals surface area contributed by atoms with Gasteiger partial charge in [0, 0.05) is 44.8 Å². The lowest BCUT2D eigenvalue weighted by Gasteiger charge is -2.52. The Morgan fingerprint density at radius 1 is 1.03 bits per heavy atom. The molecule has 0 saturated carbocycles. The summed E-state index contributed by atoms with van der Waals surface area (Å²) in [5.74, 6) is 0.616. The number of likely N-dealkylation sites (tertiary alicyclic amines) is 2. The van der Waals surface area contributed by atoms with Crippen molar-refractivity contribution in [2.45, 2.75) is 90.3 Å². The number of amides is 3. The molecule has 3 fully saturated rings. The van der Waals surface area contributed by atoms with Crippen molar-refractivity contribution in [2.75, 3.05) is 32.7 Å². The highest BCUT2D eigenvalue weighted by molar-refractivity contribution is 6.00. The number of hydrogen-bond donors (Lipinski definition) is 1. The average molecular weight is 497 g/mol. The van der Waals surface area contributed by atoms with Crippen LogP contribution in [0.15, 0.2) is 24.3 Å². The molecule has 198 valence electrons. The molecule has 3 aliphatic heterocycles. The van der Waals surface area contributed by atoms with Crippen molar-refractivity contribution in [3.8, 4) is 0 Å². The Bertz CT molecular complexity index is 915. The molecular weight excluding hydrogens is 452 g/mol. The van der Waals surface area contributed by atoms with Gasteiger partial charge in [0.15, 0.2) is 0 Å². The van der Waals surface area contributed by atoms with Gasteiger partial charge < -0.3 is 15.1 Å². The number of carbonyl (C=O) groups is 3. The van der Waals surface area contributed by atoms with E-state index in [0.717, 1.165) is 64.0 Å². The quantitative estimate of drug-likeness (QED) is 0.594. The zero-order valence-electron chi connectivity index (χ0n) is 22.4. The molecule has 1 aromatic carbocycles. The molecule has 0 aromatic heterocycles. The molecule has 3 aliphatic rings. The number of benzene rings is 1. The van der Waals surface area contributed by atoms with Crippen LogP contribution in [0.2, 0.25) is 0 Å². The van der Waals surface area contributed by atoms with E-state index in [2.05, 4.69) is 43.1 Å². The Hall–Kier alpha value is -2.41. The minimum atomic E-state index is -0.721. The highest BCUT2D eigenvalue weighted by Crippen LogP contribution is 2.34. The Morgan fingerprint density at radius 3 is 2.31 bits per heavy atom.